The van der Waals surface area contributed by atoms with Crippen molar-refractivity contribution in [1.82, 2.24) is 10.6 Å². The van der Waals surface area contributed by atoms with Gasteiger partial charge in [0.2, 0.25) is 0 Å². The quantitative estimate of drug-likeness (QED) is 0.228. The van der Waals surface area contributed by atoms with E-state index in [1.807, 2.05) is 0 Å². The molecule has 0 aliphatic rings. The number of thiol groups is 4. The van der Waals surface area contributed by atoms with Crippen LogP contribution in [0.2, 0.25) is 0 Å². The fraction of sp³-hybridized carbons (Fsp3) is 1.00. The Morgan fingerprint density at radius 2 is 1.10 bits per heavy atom. The first-order chi connectivity index (χ1) is 4.63. The molecule has 0 aromatic rings. The minimum atomic E-state index is -0.0555. The summed E-state index contributed by atoms with van der Waals surface area (Å²) in [6.07, 6.45) is 0. The van der Waals surface area contributed by atoms with Gasteiger partial charge in [0.25, 0.3) is 0 Å². The second-order valence-corrected chi connectivity index (χ2v) is 4.54. The van der Waals surface area contributed by atoms with Gasteiger partial charge in [-0.3, -0.25) is 10.6 Å². The Kier molecular flexibility index (Phi) is 7.92. The molecular formula is C4H12N2S4. The zero-order chi connectivity index (χ0) is 7.98. The molecule has 0 saturated carbocycles. The Morgan fingerprint density at radius 3 is 1.30 bits per heavy atom. The first-order valence-electron chi connectivity index (χ1n) is 2.82. The van der Waals surface area contributed by atoms with Crippen molar-refractivity contribution < 1.29 is 0 Å². The minimum Gasteiger partial charge on any atom is -0.296 e. The summed E-state index contributed by atoms with van der Waals surface area (Å²) in [5.41, 5.74) is 0. The molecule has 0 aromatic carbocycles. The summed E-state index contributed by atoms with van der Waals surface area (Å²) in [6, 6.07) is 0. The Morgan fingerprint density at radius 1 is 0.800 bits per heavy atom. The van der Waals surface area contributed by atoms with Gasteiger partial charge in [-0.15, -0.1) is 50.5 Å². The van der Waals surface area contributed by atoms with Gasteiger partial charge >= 0.3 is 0 Å². The summed E-state index contributed by atoms with van der Waals surface area (Å²) in [5, 5.41) is 6.00. The highest BCUT2D eigenvalue weighted by Crippen LogP contribution is 1.93. The van der Waals surface area contributed by atoms with Crippen molar-refractivity contribution in [2.24, 2.45) is 0 Å². The summed E-state index contributed by atoms with van der Waals surface area (Å²) in [7, 11) is 0. The Labute approximate surface area is 83.6 Å². The summed E-state index contributed by atoms with van der Waals surface area (Å²) >= 11 is 16.0. The number of nitrogens with one attached hydrogen (secondary N) is 2. The molecule has 0 bridgehead atoms. The maximum atomic E-state index is 4.01. The van der Waals surface area contributed by atoms with Gasteiger partial charge in [-0.1, -0.05) is 0 Å². The molecular weight excluding hydrogens is 204 g/mol. The number of hydrogen-bond donors (Lipinski definition) is 6. The molecule has 0 fully saturated rings. The highest BCUT2D eigenvalue weighted by atomic mass is 32.2. The third kappa shape index (κ3) is 9.32. The van der Waals surface area contributed by atoms with Crippen molar-refractivity contribution >= 4 is 50.5 Å². The SMILES string of the molecule is SC(S)NCCNC(S)S. The Bertz CT molecular complexity index is 67.7. The van der Waals surface area contributed by atoms with E-state index in [1.54, 1.807) is 0 Å². The molecule has 0 radical (unpaired) electrons. The maximum absolute atomic E-state index is 4.01. The van der Waals surface area contributed by atoms with Crippen molar-refractivity contribution in [3.8, 4) is 0 Å². The van der Waals surface area contributed by atoms with Crippen molar-refractivity contribution in [2.75, 3.05) is 13.1 Å². The summed E-state index contributed by atoms with van der Waals surface area (Å²) in [5.74, 6) is 0. The van der Waals surface area contributed by atoms with E-state index in [0.717, 1.165) is 13.1 Å². The molecule has 0 rings (SSSR count). The molecule has 0 saturated heterocycles. The molecule has 0 aliphatic heterocycles. The summed E-state index contributed by atoms with van der Waals surface area (Å²) in [6.45, 7) is 1.63. The highest BCUT2D eigenvalue weighted by Gasteiger charge is 1.94. The number of rotatable bonds is 5. The molecule has 0 heterocycles. The molecule has 10 heavy (non-hydrogen) atoms. The minimum absolute atomic E-state index is 0.0555. The van der Waals surface area contributed by atoms with E-state index in [9.17, 15) is 0 Å². The fourth-order valence-electron chi connectivity index (χ4n) is 0.403. The van der Waals surface area contributed by atoms with Crippen molar-refractivity contribution in [1.29, 1.82) is 0 Å². The van der Waals surface area contributed by atoms with E-state index in [2.05, 4.69) is 61.1 Å². The Hall–Kier alpha value is 1.32. The molecule has 0 amide bonds. The molecule has 0 aromatic heterocycles. The summed E-state index contributed by atoms with van der Waals surface area (Å²) in [4.78, 5) is 0. The first kappa shape index (κ1) is 11.3. The van der Waals surface area contributed by atoms with Gasteiger partial charge < -0.3 is 0 Å². The van der Waals surface area contributed by atoms with Gasteiger partial charge in [-0.25, -0.2) is 0 Å². The van der Waals surface area contributed by atoms with Crippen LogP contribution in [0.15, 0.2) is 0 Å². The lowest BCUT2D eigenvalue weighted by Gasteiger charge is -2.08. The van der Waals surface area contributed by atoms with Crippen LogP contribution >= 0.6 is 50.5 Å². The smallest absolute Gasteiger partial charge is 0.0944 e. The number of hydrogen-bond acceptors (Lipinski definition) is 6. The van der Waals surface area contributed by atoms with Crippen LogP contribution in [0.25, 0.3) is 0 Å². The third-order valence-electron chi connectivity index (χ3n) is 0.779. The van der Waals surface area contributed by atoms with Crippen molar-refractivity contribution in [2.45, 2.75) is 9.41 Å². The van der Waals surface area contributed by atoms with E-state index in [0.29, 0.717) is 0 Å². The average molecular weight is 216 g/mol. The standard InChI is InChI=1S/C4H12N2S4/c7-3(8)5-1-2-6-4(9)10/h3-10H,1-2H2. The second kappa shape index (κ2) is 7.00. The van der Waals surface area contributed by atoms with E-state index in [1.165, 1.54) is 0 Å². The molecule has 0 unspecified atom stereocenters. The monoisotopic (exact) mass is 216 g/mol. The topological polar surface area (TPSA) is 24.1 Å². The van der Waals surface area contributed by atoms with Crippen LogP contribution < -0.4 is 10.6 Å². The molecule has 0 atom stereocenters. The van der Waals surface area contributed by atoms with E-state index in [4.69, 9.17) is 0 Å². The van der Waals surface area contributed by atoms with Crippen LogP contribution in [-0.2, 0) is 0 Å². The molecule has 2 nitrogen and oxygen atoms in total. The van der Waals surface area contributed by atoms with Gasteiger partial charge in [0.15, 0.2) is 0 Å². The van der Waals surface area contributed by atoms with E-state index < -0.39 is 0 Å². The second-order valence-electron chi connectivity index (χ2n) is 1.66. The van der Waals surface area contributed by atoms with Gasteiger partial charge in [0, 0.05) is 13.1 Å². The van der Waals surface area contributed by atoms with Crippen LogP contribution in [0.4, 0.5) is 0 Å². The maximum Gasteiger partial charge on any atom is 0.0944 e. The van der Waals surface area contributed by atoms with Crippen LogP contribution in [0, 0.1) is 0 Å². The predicted octanol–water partition coefficient (Wildman–Crippen LogP) is 0.452. The molecule has 0 aliphatic carbocycles. The largest absolute Gasteiger partial charge is 0.296 e. The average Bonchev–Trinajstić information content (AvgIpc) is 1.79. The lowest BCUT2D eigenvalue weighted by molar-refractivity contribution is 0.678. The third-order valence-corrected chi connectivity index (χ3v) is 1.51. The van der Waals surface area contributed by atoms with Crippen LogP contribution in [0.1, 0.15) is 0 Å². The van der Waals surface area contributed by atoms with Gasteiger partial charge in [-0.2, -0.15) is 0 Å². The lowest BCUT2D eigenvalue weighted by Crippen LogP contribution is -2.31. The summed E-state index contributed by atoms with van der Waals surface area (Å²) < 4.78 is -0.111. The van der Waals surface area contributed by atoms with Gasteiger partial charge in [0.05, 0.1) is 9.41 Å². The van der Waals surface area contributed by atoms with Crippen LogP contribution in [0.5, 0.6) is 0 Å². The fourth-order valence-corrected chi connectivity index (χ4v) is 0.919. The van der Waals surface area contributed by atoms with Gasteiger partial charge in [0.1, 0.15) is 0 Å². The predicted molar refractivity (Wildman–Crippen MR) is 59.5 cm³/mol. The first-order valence-corrected chi connectivity index (χ1v) is 4.88. The van der Waals surface area contributed by atoms with E-state index >= 15 is 0 Å². The molecule has 2 N–H and O–H groups in total. The van der Waals surface area contributed by atoms with E-state index in [-0.39, 0.29) is 9.41 Å². The lowest BCUT2D eigenvalue weighted by atomic mass is 10.6. The van der Waals surface area contributed by atoms with Crippen molar-refractivity contribution in [3.05, 3.63) is 0 Å². The normalized spacial score (nSPS) is 11.4. The molecule has 62 valence electrons. The molecule has 6 heteroatoms. The van der Waals surface area contributed by atoms with Crippen LogP contribution in [-0.4, -0.2) is 22.5 Å². The zero-order valence-corrected chi connectivity index (χ0v) is 8.94. The Balaban J connectivity index is 2.91. The van der Waals surface area contributed by atoms with Crippen LogP contribution in [0.3, 0.4) is 0 Å². The zero-order valence-electron chi connectivity index (χ0n) is 5.36. The van der Waals surface area contributed by atoms with Crippen molar-refractivity contribution in [3.63, 3.8) is 0 Å². The van der Waals surface area contributed by atoms with Gasteiger partial charge in [-0.05, 0) is 0 Å². The molecule has 0 spiro atoms. The highest BCUT2D eigenvalue weighted by molar-refractivity contribution is 7.99.